The van der Waals surface area contributed by atoms with Crippen LogP contribution in [0.25, 0.3) is 33.6 Å². The third-order valence-electron chi connectivity index (χ3n) is 5.43. The maximum atomic E-state index is 13.7. The van der Waals surface area contributed by atoms with E-state index < -0.39 is 0 Å². The van der Waals surface area contributed by atoms with Gasteiger partial charge >= 0.3 is 0 Å². The Kier molecular flexibility index (Phi) is 5.84. The Bertz CT molecular complexity index is 1430. The standard InChI is InChI=1S/C25H20FN5O3/c26-19-3-6-22-18(9-19)10-23(25-27-7-8-34-25)31(22)14-24(33)30-13-20-4-1-16(11-28-20)17-2-5-21(15-32)29-12-17/h1-12,32H,13-15H2,(H,30,33). The van der Waals surface area contributed by atoms with Crippen molar-refractivity contribution in [3.8, 4) is 22.7 Å². The molecule has 1 amide bonds. The maximum absolute atomic E-state index is 13.7. The summed E-state index contributed by atoms with van der Waals surface area (Å²) in [6.07, 6.45) is 6.36. The first kappa shape index (κ1) is 21.5. The molecular weight excluding hydrogens is 437 g/mol. The molecule has 5 rings (SSSR count). The van der Waals surface area contributed by atoms with Crippen molar-refractivity contribution in [3.63, 3.8) is 0 Å². The minimum atomic E-state index is -0.359. The summed E-state index contributed by atoms with van der Waals surface area (Å²) in [7, 11) is 0. The van der Waals surface area contributed by atoms with Crippen molar-refractivity contribution >= 4 is 16.8 Å². The highest BCUT2D eigenvalue weighted by molar-refractivity contribution is 5.88. The van der Waals surface area contributed by atoms with Crippen molar-refractivity contribution in [2.75, 3.05) is 0 Å². The molecule has 0 saturated heterocycles. The average Bonchev–Trinajstić information content (AvgIpc) is 3.51. The molecule has 8 nitrogen and oxygen atoms in total. The Morgan fingerprint density at radius 1 is 1.00 bits per heavy atom. The predicted molar refractivity (Wildman–Crippen MR) is 123 cm³/mol. The van der Waals surface area contributed by atoms with E-state index in [-0.39, 0.29) is 31.4 Å². The molecule has 2 N–H and O–H groups in total. The second kappa shape index (κ2) is 9.24. The van der Waals surface area contributed by atoms with Gasteiger partial charge in [-0.2, -0.15) is 0 Å². The lowest BCUT2D eigenvalue weighted by molar-refractivity contribution is -0.121. The van der Waals surface area contributed by atoms with Crippen molar-refractivity contribution in [2.45, 2.75) is 19.7 Å². The van der Waals surface area contributed by atoms with Gasteiger partial charge < -0.3 is 19.4 Å². The maximum Gasteiger partial charge on any atom is 0.243 e. The number of fused-ring (bicyclic) bond motifs is 1. The van der Waals surface area contributed by atoms with Crippen molar-refractivity contribution in [3.05, 3.63) is 90.6 Å². The molecule has 0 aliphatic heterocycles. The van der Waals surface area contributed by atoms with Gasteiger partial charge in [0.2, 0.25) is 11.8 Å². The first-order valence-corrected chi connectivity index (χ1v) is 10.6. The second-order valence-electron chi connectivity index (χ2n) is 7.67. The highest BCUT2D eigenvalue weighted by atomic mass is 19.1. The number of hydrogen-bond donors (Lipinski definition) is 2. The summed E-state index contributed by atoms with van der Waals surface area (Å²) < 4.78 is 20.9. The zero-order valence-electron chi connectivity index (χ0n) is 18.0. The number of carbonyl (C=O) groups excluding carboxylic acids is 1. The smallest absolute Gasteiger partial charge is 0.243 e. The van der Waals surface area contributed by atoms with Crippen LogP contribution in [-0.2, 0) is 24.5 Å². The molecule has 4 heterocycles. The van der Waals surface area contributed by atoms with Crippen molar-refractivity contribution in [1.29, 1.82) is 0 Å². The number of halogens is 1. The molecule has 1 aromatic carbocycles. The molecule has 0 unspecified atom stereocenters. The summed E-state index contributed by atoms with van der Waals surface area (Å²) in [5, 5.41) is 12.6. The van der Waals surface area contributed by atoms with Gasteiger partial charge in [0.25, 0.3) is 0 Å². The molecule has 9 heteroatoms. The van der Waals surface area contributed by atoms with E-state index >= 15 is 0 Å². The van der Waals surface area contributed by atoms with E-state index in [1.165, 1.54) is 24.6 Å². The minimum absolute atomic E-state index is 0.00774. The van der Waals surface area contributed by atoms with Crippen LogP contribution in [0.1, 0.15) is 11.4 Å². The van der Waals surface area contributed by atoms with E-state index in [0.29, 0.717) is 33.9 Å². The number of aliphatic hydroxyl groups excluding tert-OH is 1. The summed E-state index contributed by atoms with van der Waals surface area (Å²) >= 11 is 0. The van der Waals surface area contributed by atoms with E-state index in [1.807, 2.05) is 18.2 Å². The first-order chi connectivity index (χ1) is 16.6. The summed E-state index contributed by atoms with van der Waals surface area (Å²) in [5.74, 6) is -0.241. The fraction of sp³-hybridized carbons (Fsp3) is 0.120. The number of nitrogens with one attached hydrogen (secondary N) is 1. The number of nitrogens with zero attached hydrogens (tertiary/aromatic N) is 4. The number of benzene rings is 1. The van der Waals surface area contributed by atoms with E-state index in [9.17, 15) is 9.18 Å². The molecule has 0 aliphatic rings. The van der Waals surface area contributed by atoms with Crippen molar-refractivity contribution in [1.82, 2.24) is 24.8 Å². The van der Waals surface area contributed by atoms with Crippen LogP contribution in [0.2, 0.25) is 0 Å². The van der Waals surface area contributed by atoms with E-state index in [1.54, 1.807) is 35.2 Å². The largest absolute Gasteiger partial charge is 0.443 e. The molecule has 0 atom stereocenters. The Balaban J connectivity index is 1.29. The Morgan fingerprint density at radius 2 is 1.76 bits per heavy atom. The Labute approximate surface area is 193 Å². The molecule has 0 spiro atoms. The lowest BCUT2D eigenvalue weighted by Gasteiger charge is -2.10. The van der Waals surface area contributed by atoms with Crippen LogP contribution in [0, 0.1) is 5.82 Å². The van der Waals surface area contributed by atoms with Gasteiger partial charge in [0.05, 0.1) is 30.7 Å². The zero-order valence-corrected chi connectivity index (χ0v) is 18.0. The molecule has 0 fully saturated rings. The molecular formula is C25H20FN5O3. The highest BCUT2D eigenvalue weighted by Crippen LogP contribution is 2.28. The van der Waals surface area contributed by atoms with Crippen molar-refractivity contribution in [2.24, 2.45) is 0 Å². The van der Waals surface area contributed by atoms with Gasteiger partial charge in [-0.25, -0.2) is 9.37 Å². The number of oxazole rings is 1. The SMILES string of the molecule is O=C(Cn1c(-c2ncco2)cc2cc(F)ccc21)NCc1ccc(-c2ccc(CO)nc2)cn1. The molecule has 0 aliphatic carbocycles. The van der Waals surface area contributed by atoms with E-state index in [4.69, 9.17) is 9.52 Å². The van der Waals surface area contributed by atoms with Gasteiger partial charge in [-0.3, -0.25) is 14.8 Å². The molecule has 5 aromatic rings. The summed E-state index contributed by atoms with van der Waals surface area (Å²) in [6, 6.07) is 13.5. The van der Waals surface area contributed by atoms with Crippen LogP contribution >= 0.6 is 0 Å². The number of aromatic nitrogens is 4. The molecule has 4 aromatic heterocycles. The zero-order chi connectivity index (χ0) is 23.5. The van der Waals surface area contributed by atoms with Gasteiger partial charge in [0.15, 0.2) is 0 Å². The van der Waals surface area contributed by atoms with E-state index in [0.717, 1.165) is 11.1 Å². The van der Waals surface area contributed by atoms with E-state index in [2.05, 4.69) is 20.3 Å². The molecule has 0 bridgehead atoms. The average molecular weight is 457 g/mol. The highest BCUT2D eigenvalue weighted by Gasteiger charge is 2.17. The number of carbonyl (C=O) groups is 1. The fourth-order valence-corrected chi connectivity index (χ4v) is 3.72. The van der Waals surface area contributed by atoms with Crippen LogP contribution in [0.3, 0.4) is 0 Å². The number of hydrogen-bond acceptors (Lipinski definition) is 6. The monoisotopic (exact) mass is 457 g/mol. The third-order valence-corrected chi connectivity index (χ3v) is 5.43. The van der Waals surface area contributed by atoms with Crippen molar-refractivity contribution < 1.29 is 18.7 Å². The number of pyridine rings is 2. The van der Waals surface area contributed by atoms with Crippen LogP contribution in [0.4, 0.5) is 4.39 Å². The third kappa shape index (κ3) is 4.41. The van der Waals surface area contributed by atoms with Crippen LogP contribution in [-0.4, -0.2) is 30.5 Å². The van der Waals surface area contributed by atoms with Crippen LogP contribution in [0.15, 0.2) is 77.8 Å². The predicted octanol–water partition coefficient (Wildman–Crippen LogP) is 3.70. The number of rotatable bonds is 7. The van der Waals surface area contributed by atoms with Gasteiger partial charge in [0.1, 0.15) is 24.3 Å². The lowest BCUT2D eigenvalue weighted by atomic mass is 10.1. The Morgan fingerprint density at radius 3 is 2.41 bits per heavy atom. The summed E-state index contributed by atoms with van der Waals surface area (Å²) in [6.45, 7) is 0.156. The summed E-state index contributed by atoms with van der Waals surface area (Å²) in [4.78, 5) is 25.5. The lowest BCUT2D eigenvalue weighted by Crippen LogP contribution is -2.27. The van der Waals surface area contributed by atoms with Gasteiger partial charge in [-0.15, -0.1) is 0 Å². The van der Waals surface area contributed by atoms with Gasteiger partial charge in [-0.1, -0.05) is 12.1 Å². The topological polar surface area (TPSA) is 106 Å². The number of aliphatic hydroxyl groups is 1. The molecule has 0 radical (unpaired) electrons. The van der Waals surface area contributed by atoms with Gasteiger partial charge in [0, 0.05) is 34.4 Å². The van der Waals surface area contributed by atoms with Crippen LogP contribution < -0.4 is 5.32 Å². The second-order valence-corrected chi connectivity index (χ2v) is 7.67. The minimum Gasteiger partial charge on any atom is -0.443 e. The van der Waals surface area contributed by atoms with Crippen LogP contribution in [0.5, 0.6) is 0 Å². The summed E-state index contributed by atoms with van der Waals surface area (Å²) in [5.41, 5.74) is 4.35. The normalized spacial score (nSPS) is 11.1. The quantitative estimate of drug-likeness (QED) is 0.386. The molecule has 170 valence electrons. The molecule has 0 saturated carbocycles. The molecule has 34 heavy (non-hydrogen) atoms. The fourth-order valence-electron chi connectivity index (χ4n) is 3.72. The van der Waals surface area contributed by atoms with Gasteiger partial charge in [-0.05, 0) is 36.4 Å². The number of amides is 1. The first-order valence-electron chi connectivity index (χ1n) is 10.6. The Hall–Kier alpha value is -4.37.